The van der Waals surface area contributed by atoms with Gasteiger partial charge in [0.05, 0.1) is 17.7 Å². The smallest absolute Gasteiger partial charge is 0.238 e. The van der Waals surface area contributed by atoms with Crippen LogP contribution in [0.3, 0.4) is 0 Å². The standard InChI is InChI=1S/C22H25N3O/c1-4-19-16(2)22(18-12-8-9-13-20(18)23-19)24-21(26)15-25(3)14-17-10-6-5-7-11-17/h5-13H,4,14-15H2,1-3H3,(H,23,24,26). The van der Waals surface area contributed by atoms with Crippen molar-refractivity contribution in [2.24, 2.45) is 0 Å². The molecule has 1 aromatic heterocycles. The SMILES string of the molecule is CCc1nc2ccccc2c(NC(=O)CN(C)Cc2ccccc2)c1C. The van der Waals surface area contributed by atoms with Crippen LogP contribution in [0.2, 0.25) is 0 Å². The first kappa shape index (κ1) is 18.1. The van der Waals surface area contributed by atoms with Gasteiger partial charge < -0.3 is 5.32 Å². The van der Waals surface area contributed by atoms with Crippen molar-refractivity contribution >= 4 is 22.5 Å². The average molecular weight is 347 g/mol. The molecule has 4 heteroatoms. The lowest BCUT2D eigenvalue weighted by molar-refractivity contribution is -0.117. The van der Waals surface area contributed by atoms with Gasteiger partial charge in [-0.05, 0) is 37.6 Å². The number of anilines is 1. The van der Waals surface area contributed by atoms with E-state index in [0.29, 0.717) is 6.54 Å². The van der Waals surface area contributed by atoms with Gasteiger partial charge >= 0.3 is 0 Å². The number of hydrogen-bond donors (Lipinski definition) is 1. The number of pyridine rings is 1. The Balaban J connectivity index is 1.77. The molecule has 2 aromatic carbocycles. The number of likely N-dealkylation sites (N-methyl/N-ethyl adjacent to an activating group) is 1. The lowest BCUT2D eigenvalue weighted by atomic mass is 10.1. The summed E-state index contributed by atoms with van der Waals surface area (Å²) < 4.78 is 0. The Kier molecular flexibility index (Phi) is 5.64. The molecular formula is C22H25N3O. The van der Waals surface area contributed by atoms with Crippen molar-refractivity contribution in [1.82, 2.24) is 9.88 Å². The highest BCUT2D eigenvalue weighted by molar-refractivity contribution is 6.03. The molecule has 0 saturated carbocycles. The summed E-state index contributed by atoms with van der Waals surface area (Å²) in [4.78, 5) is 19.4. The third-order valence-corrected chi connectivity index (χ3v) is 4.54. The van der Waals surface area contributed by atoms with Gasteiger partial charge in [0.1, 0.15) is 0 Å². The molecule has 0 aliphatic heterocycles. The molecule has 4 nitrogen and oxygen atoms in total. The monoisotopic (exact) mass is 347 g/mol. The maximum absolute atomic E-state index is 12.6. The molecule has 0 radical (unpaired) electrons. The van der Waals surface area contributed by atoms with Crippen LogP contribution in [0.5, 0.6) is 0 Å². The van der Waals surface area contributed by atoms with Crippen LogP contribution in [0, 0.1) is 6.92 Å². The molecule has 0 spiro atoms. The predicted molar refractivity (Wildman–Crippen MR) is 107 cm³/mol. The molecule has 26 heavy (non-hydrogen) atoms. The zero-order chi connectivity index (χ0) is 18.5. The Labute approximate surface area is 154 Å². The fourth-order valence-electron chi connectivity index (χ4n) is 3.24. The van der Waals surface area contributed by atoms with Gasteiger partial charge in [0.2, 0.25) is 5.91 Å². The van der Waals surface area contributed by atoms with E-state index in [1.165, 1.54) is 5.56 Å². The third-order valence-electron chi connectivity index (χ3n) is 4.54. The number of rotatable bonds is 6. The third kappa shape index (κ3) is 4.09. The molecule has 0 bridgehead atoms. The topological polar surface area (TPSA) is 45.2 Å². The zero-order valence-electron chi connectivity index (χ0n) is 15.6. The Bertz CT molecular complexity index is 906. The highest BCUT2D eigenvalue weighted by Gasteiger charge is 2.14. The Morgan fingerprint density at radius 1 is 1.08 bits per heavy atom. The molecule has 1 N–H and O–H groups in total. The normalized spacial score (nSPS) is 11.1. The maximum Gasteiger partial charge on any atom is 0.238 e. The number of aromatic nitrogens is 1. The van der Waals surface area contributed by atoms with Crippen LogP contribution in [0.15, 0.2) is 54.6 Å². The molecule has 0 fully saturated rings. The summed E-state index contributed by atoms with van der Waals surface area (Å²) in [6.07, 6.45) is 0.841. The van der Waals surface area contributed by atoms with Gasteiger partial charge in [0.25, 0.3) is 0 Å². The molecular weight excluding hydrogens is 322 g/mol. The van der Waals surface area contributed by atoms with E-state index >= 15 is 0 Å². The van der Waals surface area contributed by atoms with Crippen LogP contribution in [0.25, 0.3) is 10.9 Å². The molecule has 134 valence electrons. The van der Waals surface area contributed by atoms with Crippen molar-refractivity contribution < 1.29 is 4.79 Å². The number of benzene rings is 2. The molecule has 0 aliphatic carbocycles. The number of amides is 1. The number of carbonyl (C=O) groups excluding carboxylic acids is 1. The van der Waals surface area contributed by atoms with Crippen LogP contribution in [-0.4, -0.2) is 29.4 Å². The minimum absolute atomic E-state index is 0.00932. The highest BCUT2D eigenvalue weighted by atomic mass is 16.2. The second kappa shape index (κ2) is 8.11. The maximum atomic E-state index is 12.6. The minimum Gasteiger partial charge on any atom is -0.324 e. The van der Waals surface area contributed by atoms with Crippen molar-refractivity contribution in [2.45, 2.75) is 26.8 Å². The van der Waals surface area contributed by atoms with E-state index in [9.17, 15) is 4.79 Å². The Morgan fingerprint density at radius 2 is 1.77 bits per heavy atom. The number of hydrogen-bond acceptors (Lipinski definition) is 3. The lowest BCUT2D eigenvalue weighted by Crippen LogP contribution is -2.30. The molecule has 0 aliphatic rings. The number of fused-ring (bicyclic) bond motifs is 1. The van der Waals surface area contributed by atoms with E-state index in [-0.39, 0.29) is 5.91 Å². The number of para-hydroxylation sites is 1. The fourth-order valence-corrected chi connectivity index (χ4v) is 3.24. The first-order valence-electron chi connectivity index (χ1n) is 8.99. The summed E-state index contributed by atoms with van der Waals surface area (Å²) in [7, 11) is 1.96. The molecule has 1 amide bonds. The number of aryl methyl sites for hydroxylation is 1. The number of carbonyl (C=O) groups is 1. The minimum atomic E-state index is -0.00932. The fraction of sp³-hybridized carbons (Fsp3) is 0.273. The van der Waals surface area contributed by atoms with E-state index in [4.69, 9.17) is 4.98 Å². The van der Waals surface area contributed by atoms with Gasteiger partial charge in [-0.25, -0.2) is 0 Å². The van der Waals surface area contributed by atoms with Crippen LogP contribution in [0.4, 0.5) is 5.69 Å². The summed E-state index contributed by atoms with van der Waals surface area (Å²) in [5.74, 6) is -0.00932. The summed E-state index contributed by atoms with van der Waals surface area (Å²) in [6.45, 7) is 5.20. The van der Waals surface area contributed by atoms with Gasteiger partial charge in [-0.15, -0.1) is 0 Å². The first-order valence-corrected chi connectivity index (χ1v) is 8.99. The van der Waals surface area contributed by atoms with Crippen LogP contribution >= 0.6 is 0 Å². The molecule has 3 aromatic rings. The van der Waals surface area contributed by atoms with E-state index in [1.54, 1.807) is 0 Å². The van der Waals surface area contributed by atoms with Gasteiger partial charge in [0, 0.05) is 17.6 Å². The Hall–Kier alpha value is -2.72. The van der Waals surface area contributed by atoms with Crippen molar-refractivity contribution in [3.05, 3.63) is 71.4 Å². The van der Waals surface area contributed by atoms with Crippen LogP contribution in [-0.2, 0) is 17.8 Å². The van der Waals surface area contributed by atoms with Gasteiger partial charge in [-0.3, -0.25) is 14.7 Å². The van der Waals surface area contributed by atoms with Gasteiger partial charge in [-0.2, -0.15) is 0 Å². The van der Waals surface area contributed by atoms with Gasteiger partial charge in [0.15, 0.2) is 0 Å². The summed E-state index contributed by atoms with van der Waals surface area (Å²) in [5, 5.41) is 4.11. The first-order chi connectivity index (χ1) is 12.6. The second-order valence-corrected chi connectivity index (χ2v) is 6.64. The molecule has 0 saturated heterocycles. The lowest BCUT2D eigenvalue weighted by Gasteiger charge is -2.18. The summed E-state index contributed by atoms with van der Waals surface area (Å²) in [5.41, 5.74) is 5.07. The predicted octanol–water partition coefficient (Wildman–Crippen LogP) is 4.18. The summed E-state index contributed by atoms with van der Waals surface area (Å²) in [6, 6.07) is 18.1. The van der Waals surface area contributed by atoms with Crippen LogP contribution in [0.1, 0.15) is 23.7 Å². The van der Waals surface area contributed by atoms with E-state index in [0.717, 1.165) is 40.8 Å². The van der Waals surface area contributed by atoms with E-state index in [1.807, 2.05) is 61.3 Å². The number of nitrogens with one attached hydrogen (secondary N) is 1. The Morgan fingerprint density at radius 3 is 2.50 bits per heavy atom. The highest BCUT2D eigenvalue weighted by Crippen LogP contribution is 2.28. The van der Waals surface area contributed by atoms with E-state index < -0.39 is 0 Å². The molecule has 1 heterocycles. The average Bonchev–Trinajstić information content (AvgIpc) is 2.64. The van der Waals surface area contributed by atoms with Crippen LogP contribution < -0.4 is 5.32 Å². The van der Waals surface area contributed by atoms with Crippen molar-refractivity contribution in [2.75, 3.05) is 18.9 Å². The van der Waals surface area contributed by atoms with Crippen molar-refractivity contribution in [1.29, 1.82) is 0 Å². The van der Waals surface area contributed by atoms with E-state index in [2.05, 4.69) is 24.4 Å². The molecule has 3 rings (SSSR count). The largest absolute Gasteiger partial charge is 0.324 e. The zero-order valence-corrected chi connectivity index (χ0v) is 15.6. The molecule has 0 unspecified atom stereocenters. The van der Waals surface area contributed by atoms with Gasteiger partial charge in [-0.1, -0.05) is 55.5 Å². The quantitative estimate of drug-likeness (QED) is 0.728. The number of nitrogens with zero attached hydrogens (tertiary/aromatic N) is 2. The summed E-state index contributed by atoms with van der Waals surface area (Å²) >= 11 is 0. The molecule has 0 atom stereocenters. The van der Waals surface area contributed by atoms with Crippen molar-refractivity contribution in [3.8, 4) is 0 Å². The second-order valence-electron chi connectivity index (χ2n) is 6.64. The van der Waals surface area contributed by atoms with Crippen molar-refractivity contribution in [3.63, 3.8) is 0 Å².